The van der Waals surface area contributed by atoms with Gasteiger partial charge in [-0.05, 0) is 25.7 Å². The van der Waals surface area contributed by atoms with Crippen LogP contribution in [0.4, 0.5) is 0 Å². The van der Waals surface area contributed by atoms with E-state index >= 15 is 0 Å². The summed E-state index contributed by atoms with van der Waals surface area (Å²) >= 11 is 0. The van der Waals surface area contributed by atoms with Crippen molar-refractivity contribution < 1.29 is 0 Å². The highest BCUT2D eigenvalue weighted by atomic mass is 15.4. The largest absolute Gasteiger partial charge is 0.356 e. The van der Waals surface area contributed by atoms with Gasteiger partial charge in [0.2, 0.25) is 0 Å². The maximum atomic E-state index is 2.69. The Morgan fingerprint density at radius 1 is 0.371 bits per heavy atom. The van der Waals surface area contributed by atoms with E-state index in [0.29, 0.717) is 6.17 Å². The Morgan fingerprint density at radius 2 is 0.657 bits per heavy atom. The van der Waals surface area contributed by atoms with E-state index in [-0.39, 0.29) is 0 Å². The molecule has 35 heavy (non-hydrogen) atoms. The number of unbranched alkanes of at least 4 members (excludes halogenated alkanes) is 21. The standard InChI is InChI=1S/C33H66N2/c1-4-7-10-13-15-16-17-18-19-20-22-24-27-30-35-32-31-34(29-26-12-9-6-3)33(35)28-25-23-21-14-11-8-5-2/h31-33H,4-30H2,1-3H3. The molecular formula is C33H66N2. The number of rotatable bonds is 27. The lowest BCUT2D eigenvalue weighted by Gasteiger charge is -2.33. The molecule has 1 unspecified atom stereocenters. The minimum atomic E-state index is 0.643. The van der Waals surface area contributed by atoms with Gasteiger partial charge in [-0.15, -0.1) is 0 Å². The highest BCUT2D eigenvalue weighted by Crippen LogP contribution is 2.24. The Morgan fingerprint density at radius 3 is 1.03 bits per heavy atom. The zero-order chi connectivity index (χ0) is 25.2. The molecule has 1 atom stereocenters. The third kappa shape index (κ3) is 18.3. The molecule has 0 N–H and O–H groups in total. The van der Waals surface area contributed by atoms with E-state index in [1.807, 2.05) is 0 Å². The van der Waals surface area contributed by atoms with Crippen LogP contribution in [0.2, 0.25) is 0 Å². The fourth-order valence-electron chi connectivity index (χ4n) is 5.66. The normalized spacial score (nSPS) is 15.6. The van der Waals surface area contributed by atoms with Gasteiger partial charge in [-0.2, -0.15) is 0 Å². The molecule has 208 valence electrons. The van der Waals surface area contributed by atoms with E-state index in [2.05, 4.69) is 43.0 Å². The van der Waals surface area contributed by atoms with Crippen molar-refractivity contribution in [2.45, 2.75) is 187 Å². The van der Waals surface area contributed by atoms with Gasteiger partial charge in [0, 0.05) is 25.5 Å². The second-order valence-corrected chi connectivity index (χ2v) is 11.5. The minimum Gasteiger partial charge on any atom is -0.356 e. The Hall–Kier alpha value is -0.660. The lowest BCUT2D eigenvalue weighted by Crippen LogP contribution is -2.39. The number of hydrogen-bond acceptors (Lipinski definition) is 2. The molecule has 0 saturated heterocycles. The molecule has 0 radical (unpaired) electrons. The first-order chi connectivity index (χ1) is 17.3. The van der Waals surface area contributed by atoms with Crippen LogP contribution in [-0.4, -0.2) is 29.1 Å². The Bertz CT molecular complexity index is 446. The van der Waals surface area contributed by atoms with E-state index in [1.165, 1.54) is 174 Å². The zero-order valence-corrected chi connectivity index (χ0v) is 24.7. The summed E-state index contributed by atoms with van der Waals surface area (Å²) < 4.78 is 0. The molecule has 0 aliphatic carbocycles. The van der Waals surface area contributed by atoms with Gasteiger partial charge in [-0.25, -0.2) is 0 Å². The van der Waals surface area contributed by atoms with Gasteiger partial charge < -0.3 is 9.80 Å². The second-order valence-electron chi connectivity index (χ2n) is 11.5. The molecule has 0 spiro atoms. The third-order valence-electron chi connectivity index (χ3n) is 8.07. The summed E-state index contributed by atoms with van der Waals surface area (Å²) in [5, 5.41) is 0. The molecule has 1 heterocycles. The maximum Gasteiger partial charge on any atom is 0.101 e. The monoisotopic (exact) mass is 491 g/mol. The summed E-state index contributed by atoms with van der Waals surface area (Å²) in [6, 6.07) is 0. The van der Waals surface area contributed by atoms with Crippen LogP contribution in [0.3, 0.4) is 0 Å². The van der Waals surface area contributed by atoms with Crippen molar-refractivity contribution in [1.29, 1.82) is 0 Å². The van der Waals surface area contributed by atoms with Crippen LogP contribution in [0, 0.1) is 0 Å². The summed E-state index contributed by atoms with van der Waals surface area (Å²) in [6.45, 7) is 9.46. The van der Waals surface area contributed by atoms with E-state index < -0.39 is 0 Å². The third-order valence-corrected chi connectivity index (χ3v) is 8.07. The topological polar surface area (TPSA) is 6.48 Å². The molecule has 1 aliphatic heterocycles. The summed E-state index contributed by atoms with van der Waals surface area (Å²) in [6.07, 6.45) is 41.0. The van der Waals surface area contributed by atoms with Crippen molar-refractivity contribution in [3.63, 3.8) is 0 Å². The predicted octanol–water partition coefficient (Wildman–Crippen LogP) is 11.2. The average Bonchev–Trinajstić information content (AvgIpc) is 3.25. The first-order valence-corrected chi connectivity index (χ1v) is 16.5. The predicted molar refractivity (Wildman–Crippen MR) is 159 cm³/mol. The molecule has 0 saturated carbocycles. The van der Waals surface area contributed by atoms with Crippen LogP contribution < -0.4 is 0 Å². The van der Waals surface area contributed by atoms with Crippen molar-refractivity contribution >= 4 is 0 Å². The Balaban J connectivity index is 2.15. The highest BCUT2D eigenvalue weighted by molar-refractivity contribution is 4.97. The first kappa shape index (κ1) is 32.4. The van der Waals surface area contributed by atoms with Crippen molar-refractivity contribution in [3.05, 3.63) is 12.4 Å². The van der Waals surface area contributed by atoms with Crippen LogP contribution in [0.1, 0.15) is 181 Å². The molecule has 1 aliphatic rings. The van der Waals surface area contributed by atoms with Crippen molar-refractivity contribution in [2.24, 2.45) is 0 Å². The molecule has 0 aromatic rings. The zero-order valence-electron chi connectivity index (χ0n) is 24.7. The lowest BCUT2D eigenvalue weighted by molar-refractivity contribution is 0.135. The van der Waals surface area contributed by atoms with Gasteiger partial charge >= 0.3 is 0 Å². The van der Waals surface area contributed by atoms with Crippen molar-refractivity contribution in [2.75, 3.05) is 13.1 Å². The van der Waals surface area contributed by atoms with Crippen LogP contribution >= 0.6 is 0 Å². The molecular weight excluding hydrogens is 424 g/mol. The first-order valence-electron chi connectivity index (χ1n) is 16.5. The van der Waals surface area contributed by atoms with Gasteiger partial charge in [0.05, 0.1) is 0 Å². The van der Waals surface area contributed by atoms with Gasteiger partial charge in [-0.1, -0.05) is 156 Å². The SMILES string of the molecule is CCCCCCCCCCCCCCCN1C=CN(CCCCCC)C1CCCCCCCCC. The van der Waals surface area contributed by atoms with Crippen LogP contribution in [0.25, 0.3) is 0 Å². The average molecular weight is 491 g/mol. The van der Waals surface area contributed by atoms with Gasteiger partial charge in [0.15, 0.2) is 0 Å². The molecule has 0 bridgehead atoms. The quantitative estimate of drug-likeness (QED) is 0.106. The minimum absolute atomic E-state index is 0.643. The molecule has 2 nitrogen and oxygen atoms in total. The Labute approximate surface area is 222 Å². The summed E-state index contributed by atoms with van der Waals surface area (Å²) in [5.74, 6) is 0. The fraction of sp³-hybridized carbons (Fsp3) is 0.939. The van der Waals surface area contributed by atoms with E-state index in [0.717, 1.165) is 0 Å². The van der Waals surface area contributed by atoms with Crippen molar-refractivity contribution in [3.8, 4) is 0 Å². The number of nitrogens with zero attached hydrogens (tertiary/aromatic N) is 2. The molecule has 0 aromatic carbocycles. The summed E-state index contributed by atoms with van der Waals surface area (Å²) in [5.41, 5.74) is 0. The van der Waals surface area contributed by atoms with E-state index in [1.54, 1.807) is 0 Å². The highest BCUT2D eigenvalue weighted by Gasteiger charge is 2.24. The maximum absolute atomic E-state index is 2.69. The van der Waals surface area contributed by atoms with Crippen molar-refractivity contribution in [1.82, 2.24) is 9.80 Å². The Kier molecular flexibility index (Phi) is 23.1. The lowest BCUT2D eigenvalue weighted by atomic mass is 10.0. The van der Waals surface area contributed by atoms with Crippen LogP contribution in [-0.2, 0) is 0 Å². The van der Waals surface area contributed by atoms with Gasteiger partial charge in [-0.3, -0.25) is 0 Å². The van der Waals surface area contributed by atoms with Crippen LogP contribution in [0.15, 0.2) is 12.4 Å². The van der Waals surface area contributed by atoms with Gasteiger partial charge in [0.25, 0.3) is 0 Å². The molecule has 0 amide bonds. The molecule has 0 aromatic heterocycles. The summed E-state index contributed by atoms with van der Waals surface area (Å²) in [4.78, 5) is 5.37. The smallest absolute Gasteiger partial charge is 0.101 e. The van der Waals surface area contributed by atoms with Crippen LogP contribution in [0.5, 0.6) is 0 Å². The number of hydrogen-bond donors (Lipinski definition) is 0. The van der Waals surface area contributed by atoms with E-state index in [4.69, 9.17) is 0 Å². The van der Waals surface area contributed by atoms with Gasteiger partial charge in [0.1, 0.15) is 6.17 Å². The second kappa shape index (κ2) is 25.0. The van der Waals surface area contributed by atoms with E-state index in [9.17, 15) is 0 Å². The summed E-state index contributed by atoms with van der Waals surface area (Å²) in [7, 11) is 0. The molecule has 0 fully saturated rings. The molecule has 2 heteroatoms. The molecule has 1 rings (SSSR count). The fourth-order valence-corrected chi connectivity index (χ4v) is 5.66.